The van der Waals surface area contributed by atoms with Gasteiger partial charge in [0.15, 0.2) is 11.5 Å². The van der Waals surface area contributed by atoms with Crippen LogP contribution in [0, 0.1) is 0 Å². The molecule has 0 radical (unpaired) electrons. The predicted octanol–water partition coefficient (Wildman–Crippen LogP) is 1.78. The van der Waals surface area contributed by atoms with Crippen molar-refractivity contribution in [3.63, 3.8) is 0 Å². The van der Waals surface area contributed by atoms with Crippen molar-refractivity contribution in [3.8, 4) is 17.2 Å². The number of nitrogens with one attached hydrogen (secondary N) is 1. The van der Waals surface area contributed by atoms with Gasteiger partial charge in [-0.05, 0) is 23.6 Å². The van der Waals surface area contributed by atoms with Crippen molar-refractivity contribution in [2.24, 2.45) is 0 Å². The Morgan fingerprint density at radius 1 is 1.33 bits per heavy atom. The molecule has 1 aliphatic rings. The first kappa shape index (κ1) is 14.7. The first-order valence-electron chi connectivity index (χ1n) is 7.39. The number of amides is 1. The molecule has 1 amide bonds. The van der Waals surface area contributed by atoms with E-state index >= 15 is 0 Å². The number of hydrogen-bond acceptors (Lipinski definition) is 6. The average molecular weight is 342 g/mol. The van der Waals surface area contributed by atoms with Gasteiger partial charge in [0.05, 0.1) is 18.4 Å². The van der Waals surface area contributed by atoms with Crippen molar-refractivity contribution in [2.75, 3.05) is 6.61 Å². The molecule has 0 fully saturated rings. The molecule has 3 heterocycles. The minimum atomic E-state index is -0.674. The number of hydrogen-bond donors (Lipinski definition) is 1. The van der Waals surface area contributed by atoms with E-state index in [1.54, 1.807) is 28.3 Å². The van der Waals surface area contributed by atoms with Crippen LogP contribution in [0.25, 0.3) is 5.69 Å². The summed E-state index contributed by atoms with van der Waals surface area (Å²) in [6.07, 6.45) is 1.11. The van der Waals surface area contributed by atoms with Crippen molar-refractivity contribution in [1.82, 2.24) is 20.3 Å². The molecule has 1 aromatic carbocycles. The SMILES string of the molecule is O=C(NCc1cn(-c2ccsc2)nn1)C1COc2ccccc2O1. The molecule has 122 valence electrons. The summed E-state index contributed by atoms with van der Waals surface area (Å²) in [4.78, 5) is 12.2. The summed E-state index contributed by atoms with van der Waals surface area (Å²) in [7, 11) is 0. The zero-order valence-corrected chi connectivity index (χ0v) is 13.4. The molecule has 1 atom stereocenters. The normalized spacial score (nSPS) is 15.9. The fourth-order valence-corrected chi connectivity index (χ4v) is 2.96. The van der Waals surface area contributed by atoms with Crippen LogP contribution in [0.2, 0.25) is 0 Å². The van der Waals surface area contributed by atoms with Crippen LogP contribution >= 0.6 is 11.3 Å². The van der Waals surface area contributed by atoms with Gasteiger partial charge in [0, 0.05) is 5.38 Å². The third-order valence-electron chi connectivity index (χ3n) is 3.56. The van der Waals surface area contributed by atoms with E-state index in [-0.39, 0.29) is 19.1 Å². The lowest BCUT2D eigenvalue weighted by Gasteiger charge is -2.25. The lowest BCUT2D eigenvalue weighted by molar-refractivity contribution is -0.130. The molecule has 0 aliphatic carbocycles. The van der Waals surface area contributed by atoms with E-state index in [1.165, 1.54) is 0 Å². The Morgan fingerprint density at radius 3 is 3.04 bits per heavy atom. The van der Waals surface area contributed by atoms with E-state index in [0.29, 0.717) is 17.2 Å². The fraction of sp³-hybridized carbons (Fsp3) is 0.188. The second kappa shape index (κ2) is 6.32. The van der Waals surface area contributed by atoms with Gasteiger partial charge in [-0.25, -0.2) is 4.68 Å². The number of aromatic nitrogens is 3. The first-order valence-corrected chi connectivity index (χ1v) is 8.34. The molecule has 1 N–H and O–H groups in total. The Balaban J connectivity index is 1.36. The van der Waals surface area contributed by atoms with Crippen LogP contribution in [0.4, 0.5) is 0 Å². The molecule has 0 saturated carbocycles. The highest BCUT2D eigenvalue weighted by atomic mass is 32.1. The second-order valence-electron chi connectivity index (χ2n) is 5.22. The number of nitrogens with zero attached hydrogens (tertiary/aromatic N) is 3. The highest BCUT2D eigenvalue weighted by Gasteiger charge is 2.27. The van der Waals surface area contributed by atoms with Gasteiger partial charge < -0.3 is 14.8 Å². The van der Waals surface area contributed by atoms with Crippen LogP contribution in [0.1, 0.15) is 5.69 Å². The molecular weight excluding hydrogens is 328 g/mol. The molecule has 3 aromatic rings. The van der Waals surface area contributed by atoms with E-state index in [4.69, 9.17) is 9.47 Å². The molecule has 0 bridgehead atoms. The van der Waals surface area contributed by atoms with Crippen LogP contribution in [-0.2, 0) is 11.3 Å². The number of rotatable bonds is 4. The van der Waals surface area contributed by atoms with Gasteiger partial charge in [0.25, 0.3) is 5.91 Å². The number of para-hydroxylation sites is 2. The standard InChI is InChI=1S/C16H14N4O3S/c21-16(15-9-22-13-3-1-2-4-14(13)23-15)17-7-11-8-20(19-18-11)12-5-6-24-10-12/h1-6,8,10,15H,7,9H2,(H,17,21). The summed E-state index contributed by atoms with van der Waals surface area (Å²) in [5.74, 6) is 0.988. The zero-order valence-electron chi connectivity index (χ0n) is 12.6. The molecule has 0 saturated heterocycles. The third-order valence-corrected chi connectivity index (χ3v) is 4.23. The average Bonchev–Trinajstić information content (AvgIpc) is 3.30. The molecule has 1 aliphatic heterocycles. The fourth-order valence-electron chi connectivity index (χ4n) is 2.33. The number of fused-ring (bicyclic) bond motifs is 1. The summed E-state index contributed by atoms with van der Waals surface area (Å²) < 4.78 is 12.9. The molecule has 1 unspecified atom stereocenters. The third kappa shape index (κ3) is 2.95. The van der Waals surface area contributed by atoms with E-state index in [1.807, 2.05) is 35.0 Å². The monoisotopic (exact) mass is 342 g/mol. The second-order valence-corrected chi connectivity index (χ2v) is 6.00. The highest BCUT2D eigenvalue weighted by molar-refractivity contribution is 7.08. The maximum absolute atomic E-state index is 12.2. The Bertz CT molecular complexity index is 847. The van der Waals surface area contributed by atoms with Crippen LogP contribution in [0.3, 0.4) is 0 Å². The molecule has 7 nitrogen and oxygen atoms in total. The summed E-state index contributed by atoms with van der Waals surface area (Å²) >= 11 is 1.59. The van der Waals surface area contributed by atoms with Crippen molar-refractivity contribution < 1.29 is 14.3 Å². The highest BCUT2D eigenvalue weighted by Crippen LogP contribution is 2.30. The van der Waals surface area contributed by atoms with Crippen molar-refractivity contribution in [1.29, 1.82) is 0 Å². The van der Waals surface area contributed by atoms with Gasteiger partial charge in [0.2, 0.25) is 6.10 Å². The van der Waals surface area contributed by atoms with E-state index in [0.717, 1.165) is 5.69 Å². The molecule has 0 spiro atoms. The maximum Gasteiger partial charge on any atom is 0.265 e. The Kier molecular flexibility index (Phi) is 3.87. The van der Waals surface area contributed by atoms with Crippen LogP contribution in [0.5, 0.6) is 11.5 Å². The van der Waals surface area contributed by atoms with Gasteiger partial charge in [-0.15, -0.1) is 5.10 Å². The Labute approximate surface area is 141 Å². The van der Waals surface area contributed by atoms with Gasteiger partial charge >= 0.3 is 0 Å². The molecule has 24 heavy (non-hydrogen) atoms. The lowest BCUT2D eigenvalue weighted by Crippen LogP contribution is -2.43. The van der Waals surface area contributed by atoms with Crippen molar-refractivity contribution in [2.45, 2.75) is 12.6 Å². The number of thiophene rings is 1. The largest absolute Gasteiger partial charge is 0.485 e. The van der Waals surface area contributed by atoms with Crippen LogP contribution in [-0.4, -0.2) is 33.6 Å². The van der Waals surface area contributed by atoms with Crippen molar-refractivity contribution >= 4 is 17.2 Å². The van der Waals surface area contributed by atoms with E-state index in [9.17, 15) is 4.79 Å². The molecule has 8 heteroatoms. The lowest BCUT2D eigenvalue weighted by atomic mass is 10.2. The topological polar surface area (TPSA) is 78.3 Å². The summed E-state index contributed by atoms with van der Waals surface area (Å²) in [5.41, 5.74) is 1.62. The van der Waals surface area contributed by atoms with Gasteiger partial charge in [-0.2, -0.15) is 11.3 Å². The van der Waals surface area contributed by atoms with Crippen LogP contribution < -0.4 is 14.8 Å². The molecule has 4 rings (SSSR count). The maximum atomic E-state index is 12.2. The van der Waals surface area contributed by atoms with E-state index < -0.39 is 6.10 Å². The Hall–Kier alpha value is -2.87. The van der Waals surface area contributed by atoms with Crippen LogP contribution in [0.15, 0.2) is 47.3 Å². The van der Waals surface area contributed by atoms with Gasteiger partial charge in [-0.3, -0.25) is 4.79 Å². The molecular formula is C16H14N4O3S. The first-order chi connectivity index (χ1) is 11.8. The van der Waals surface area contributed by atoms with Crippen molar-refractivity contribution in [3.05, 3.63) is 53.0 Å². The minimum Gasteiger partial charge on any atom is -0.485 e. The summed E-state index contributed by atoms with van der Waals surface area (Å²) in [6.45, 7) is 0.467. The number of carbonyl (C=O) groups excluding carboxylic acids is 1. The Morgan fingerprint density at radius 2 is 2.21 bits per heavy atom. The number of benzene rings is 1. The predicted molar refractivity (Wildman–Crippen MR) is 87.4 cm³/mol. The van der Waals surface area contributed by atoms with Gasteiger partial charge in [-0.1, -0.05) is 17.3 Å². The van der Waals surface area contributed by atoms with Gasteiger partial charge in [0.1, 0.15) is 12.3 Å². The minimum absolute atomic E-state index is 0.185. The smallest absolute Gasteiger partial charge is 0.265 e. The summed E-state index contributed by atoms with van der Waals surface area (Å²) in [5, 5.41) is 14.8. The van der Waals surface area contributed by atoms with E-state index in [2.05, 4.69) is 15.6 Å². The molecule has 2 aromatic heterocycles. The summed E-state index contributed by atoms with van der Waals surface area (Å²) in [6, 6.07) is 9.24. The zero-order chi connectivity index (χ0) is 16.4. The quantitative estimate of drug-likeness (QED) is 0.782. The number of ether oxygens (including phenoxy) is 2. The number of carbonyl (C=O) groups is 1.